The number of carbonyl (C=O) groups excluding carboxylic acids is 1. The molecular weight excluding hydrogens is 464 g/mol. The maximum absolute atomic E-state index is 12.5. The van der Waals surface area contributed by atoms with E-state index in [1.807, 2.05) is 13.8 Å². The molecule has 0 radical (unpaired) electrons. The van der Waals surface area contributed by atoms with Gasteiger partial charge in [-0.25, -0.2) is 8.42 Å². The molecule has 174 valence electrons. The summed E-state index contributed by atoms with van der Waals surface area (Å²) in [5, 5.41) is 9.14. The second kappa shape index (κ2) is 10.5. The van der Waals surface area contributed by atoms with Gasteiger partial charge in [-0.3, -0.25) is 14.8 Å². The van der Waals surface area contributed by atoms with Crippen molar-refractivity contribution >= 4 is 44.8 Å². The van der Waals surface area contributed by atoms with Crippen LogP contribution in [0.1, 0.15) is 36.4 Å². The van der Waals surface area contributed by atoms with Crippen LogP contribution in [-0.2, 0) is 10.0 Å². The van der Waals surface area contributed by atoms with Gasteiger partial charge in [-0.2, -0.15) is 0 Å². The van der Waals surface area contributed by atoms with Crippen molar-refractivity contribution < 1.29 is 22.5 Å². The van der Waals surface area contributed by atoms with Crippen molar-refractivity contribution in [2.45, 2.75) is 38.2 Å². The molecule has 0 fully saturated rings. The van der Waals surface area contributed by atoms with Gasteiger partial charge in [0.1, 0.15) is 11.5 Å². The molecule has 1 unspecified atom stereocenters. The highest BCUT2D eigenvalue weighted by Gasteiger charge is 2.16. The van der Waals surface area contributed by atoms with Gasteiger partial charge >= 0.3 is 0 Å². The maximum Gasteiger partial charge on any atom is 0.263 e. The summed E-state index contributed by atoms with van der Waals surface area (Å²) in [5.41, 5.74) is 0.904. The van der Waals surface area contributed by atoms with E-state index >= 15 is 0 Å². The number of aromatic nitrogens is 1. The van der Waals surface area contributed by atoms with Gasteiger partial charge in [0.15, 0.2) is 10.9 Å². The van der Waals surface area contributed by atoms with Crippen LogP contribution in [0.3, 0.4) is 0 Å². The van der Waals surface area contributed by atoms with Crippen LogP contribution >= 0.6 is 12.2 Å². The topological polar surface area (TPSA) is 123 Å². The van der Waals surface area contributed by atoms with Crippen LogP contribution in [0, 0.1) is 6.92 Å². The first-order chi connectivity index (χ1) is 15.7. The van der Waals surface area contributed by atoms with Crippen molar-refractivity contribution in [3.63, 3.8) is 0 Å². The van der Waals surface area contributed by atoms with E-state index in [4.69, 9.17) is 21.5 Å². The summed E-state index contributed by atoms with van der Waals surface area (Å²) >= 11 is 5.21. The normalized spacial score (nSPS) is 12.0. The Morgan fingerprint density at radius 2 is 1.91 bits per heavy atom. The lowest BCUT2D eigenvalue weighted by Gasteiger charge is -2.14. The average molecular weight is 489 g/mol. The predicted molar refractivity (Wildman–Crippen MR) is 129 cm³/mol. The molecule has 0 aliphatic carbocycles. The summed E-state index contributed by atoms with van der Waals surface area (Å²) in [6, 6.07) is 14.2. The quantitative estimate of drug-likeness (QED) is 0.405. The first-order valence-corrected chi connectivity index (χ1v) is 12.0. The molecule has 11 heteroatoms. The second-order valence-electron chi connectivity index (χ2n) is 7.23. The molecule has 1 amide bonds. The highest BCUT2D eigenvalue weighted by atomic mass is 32.2. The van der Waals surface area contributed by atoms with Crippen molar-refractivity contribution in [1.29, 1.82) is 0 Å². The number of ether oxygens (including phenoxy) is 1. The van der Waals surface area contributed by atoms with Gasteiger partial charge in [0.05, 0.1) is 11.0 Å². The highest BCUT2D eigenvalue weighted by molar-refractivity contribution is 7.92. The molecule has 0 saturated carbocycles. The Morgan fingerprint density at radius 1 is 1.18 bits per heavy atom. The van der Waals surface area contributed by atoms with E-state index in [1.54, 1.807) is 31.2 Å². The van der Waals surface area contributed by atoms with Crippen molar-refractivity contribution in [2.75, 3.05) is 10.0 Å². The van der Waals surface area contributed by atoms with Crippen LogP contribution in [0.4, 0.5) is 11.5 Å². The average Bonchev–Trinajstić information content (AvgIpc) is 3.17. The Kier molecular flexibility index (Phi) is 7.67. The maximum atomic E-state index is 12.5. The van der Waals surface area contributed by atoms with Crippen LogP contribution in [0.5, 0.6) is 5.75 Å². The molecule has 0 spiro atoms. The van der Waals surface area contributed by atoms with Crippen molar-refractivity contribution in [2.24, 2.45) is 0 Å². The van der Waals surface area contributed by atoms with E-state index in [0.717, 1.165) is 6.42 Å². The molecule has 0 aliphatic heterocycles. The van der Waals surface area contributed by atoms with E-state index in [2.05, 4.69) is 20.5 Å². The van der Waals surface area contributed by atoms with Crippen LogP contribution in [0.2, 0.25) is 0 Å². The lowest BCUT2D eigenvalue weighted by atomic mass is 10.2. The zero-order chi connectivity index (χ0) is 24.0. The number of rotatable bonds is 8. The van der Waals surface area contributed by atoms with Crippen molar-refractivity contribution in [3.05, 3.63) is 65.9 Å². The summed E-state index contributed by atoms with van der Waals surface area (Å²) in [4.78, 5) is 12.5. The third-order valence-electron chi connectivity index (χ3n) is 4.52. The van der Waals surface area contributed by atoms with E-state index in [1.165, 1.54) is 30.3 Å². The summed E-state index contributed by atoms with van der Waals surface area (Å²) in [6.45, 7) is 5.62. The molecule has 9 nitrogen and oxygen atoms in total. The standard InChI is InChI=1S/C22H24N4O5S2/c1-4-14(2)30-18-7-5-6-16(13-18)21(27)24-22(32)23-17-8-10-19(11-9-17)33(28,29)26-20-12-15(3)31-25-20/h5-14H,4H2,1-3H3,(H,25,26)(H2,23,24,27,32). The number of anilines is 2. The summed E-state index contributed by atoms with van der Waals surface area (Å²) in [7, 11) is -3.83. The van der Waals surface area contributed by atoms with Gasteiger partial charge in [0.25, 0.3) is 15.9 Å². The summed E-state index contributed by atoms with van der Waals surface area (Å²) in [6.07, 6.45) is 0.883. The van der Waals surface area contributed by atoms with Crippen LogP contribution in [-0.4, -0.2) is 30.7 Å². The van der Waals surface area contributed by atoms with Crippen LogP contribution < -0.4 is 20.1 Å². The molecule has 1 atom stereocenters. The Bertz CT molecular complexity index is 1240. The number of thiocarbonyl (C=S) groups is 1. The molecule has 3 aromatic rings. The molecule has 0 aliphatic rings. The molecule has 1 heterocycles. The van der Waals surface area contributed by atoms with E-state index in [9.17, 15) is 13.2 Å². The molecule has 0 saturated heterocycles. The first-order valence-electron chi connectivity index (χ1n) is 10.1. The minimum atomic E-state index is -3.83. The zero-order valence-corrected chi connectivity index (χ0v) is 19.9. The molecule has 1 aromatic heterocycles. The number of nitrogens with zero attached hydrogens (tertiary/aromatic N) is 1. The molecule has 3 N–H and O–H groups in total. The van der Waals surface area contributed by atoms with E-state index in [0.29, 0.717) is 22.8 Å². The Hall–Kier alpha value is -3.44. The fraction of sp³-hybridized carbons (Fsp3) is 0.227. The molecule has 33 heavy (non-hydrogen) atoms. The van der Waals surface area contributed by atoms with Gasteiger partial charge in [0.2, 0.25) is 0 Å². The molecule has 0 bridgehead atoms. The van der Waals surface area contributed by atoms with Gasteiger partial charge in [-0.1, -0.05) is 18.1 Å². The van der Waals surface area contributed by atoms with Gasteiger partial charge in [0, 0.05) is 17.3 Å². The molecular formula is C22H24N4O5S2. The van der Waals surface area contributed by atoms with Crippen molar-refractivity contribution in [1.82, 2.24) is 10.5 Å². The predicted octanol–water partition coefficient (Wildman–Crippen LogP) is 4.09. The second-order valence-corrected chi connectivity index (χ2v) is 9.32. The third-order valence-corrected chi connectivity index (χ3v) is 6.10. The third kappa shape index (κ3) is 6.77. The number of carbonyl (C=O) groups is 1. The fourth-order valence-electron chi connectivity index (χ4n) is 2.69. The van der Waals surface area contributed by atoms with Crippen LogP contribution in [0.25, 0.3) is 0 Å². The van der Waals surface area contributed by atoms with E-state index < -0.39 is 15.9 Å². The SMILES string of the molecule is CCC(C)Oc1cccc(C(=O)NC(=S)Nc2ccc(S(=O)(=O)Nc3cc(C)on3)cc2)c1. The summed E-state index contributed by atoms with van der Waals surface area (Å²) < 4.78 is 37.8. The smallest absolute Gasteiger partial charge is 0.263 e. The highest BCUT2D eigenvalue weighted by Crippen LogP contribution is 2.19. The lowest BCUT2D eigenvalue weighted by molar-refractivity contribution is 0.0977. The minimum Gasteiger partial charge on any atom is -0.491 e. The Labute approximate surface area is 197 Å². The fourth-order valence-corrected chi connectivity index (χ4v) is 3.89. The molecule has 2 aromatic carbocycles. The van der Waals surface area contributed by atoms with Gasteiger partial charge < -0.3 is 14.6 Å². The number of aryl methyl sites for hydroxylation is 1. The van der Waals surface area contributed by atoms with Gasteiger partial charge in [-0.15, -0.1) is 0 Å². The number of amides is 1. The summed E-state index contributed by atoms with van der Waals surface area (Å²) in [5.74, 6) is 0.783. The van der Waals surface area contributed by atoms with E-state index in [-0.39, 0.29) is 21.9 Å². The number of benzene rings is 2. The zero-order valence-electron chi connectivity index (χ0n) is 18.3. The Balaban J connectivity index is 1.59. The number of hydrogen-bond donors (Lipinski definition) is 3. The largest absolute Gasteiger partial charge is 0.491 e. The first kappa shape index (κ1) is 24.2. The number of nitrogens with one attached hydrogen (secondary N) is 3. The number of hydrogen-bond acceptors (Lipinski definition) is 7. The Morgan fingerprint density at radius 3 is 2.55 bits per heavy atom. The number of sulfonamides is 1. The van der Waals surface area contributed by atoms with Gasteiger partial charge in [-0.05, 0) is 75.0 Å². The molecule has 3 rings (SSSR count). The minimum absolute atomic E-state index is 0.0294. The lowest BCUT2D eigenvalue weighted by Crippen LogP contribution is -2.34. The monoisotopic (exact) mass is 488 g/mol. The van der Waals surface area contributed by atoms with Crippen molar-refractivity contribution in [3.8, 4) is 5.75 Å². The van der Waals surface area contributed by atoms with Crippen LogP contribution in [0.15, 0.2) is 64.0 Å².